The lowest BCUT2D eigenvalue weighted by Gasteiger charge is -2.37. The average molecular weight is 265 g/mol. The van der Waals surface area contributed by atoms with Crippen molar-refractivity contribution in [2.45, 2.75) is 58.1 Å². The summed E-state index contributed by atoms with van der Waals surface area (Å²) in [6.45, 7) is 6.25. The Morgan fingerprint density at radius 2 is 2.26 bits per heavy atom. The molecule has 108 valence electrons. The van der Waals surface area contributed by atoms with Crippen molar-refractivity contribution in [2.24, 2.45) is 5.92 Å². The Hall–Kier alpha value is -0.800. The van der Waals surface area contributed by atoms with E-state index < -0.39 is 0 Å². The van der Waals surface area contributed by atoms with Gasteiger partial charge in [0.25, 0.3) is 0 Å². The van der Waals surface area contributed by atoms with Crippen LogP contribution in [0.3, 0.4) is 0 Å². The molecule has 0 radical (unpaired) electrons. The second kappa shape index (κ2) is 7.71. The molecule has 1 saturated carbocycles. The Labute approximate surface area is 116 Å². The van der Waals surface area contributed by atoms with Crippen LogP contribution in [0.1, 0.15) is 45.1 Å². The molecule has 2 rings (SSSR count). The molecule has 19 heavy (non-hydrogen) atoms. The van der Waals surface area contributed by atoms with Crippen LogP contribution in [-0.4, -0.2) is 25.3 Å². The molecule has 1 aliphatic rings. The Morgan fingerprint density at radius 3 is 2.89 bits per heavy atom. The minimum Gasteiger partial charge on any atom is -0.472 e. The summed E-state index contributed by atoms with van der Waals surface area (Å²) in [5.74, 6) is 0.831. The molecule has 0 amide bonds. The van der Waals surface area contributed by atoms with Gasteiger partial charge in [-0.3, -0.25) is 0 Å². The molecule has 0 saturated heterocycles. The van der Waals surface area contributed by atoms with E-state index in [0.717, 1.165) is 25.5 Å². The minimum atomic E-state index is 0.524. The fraction of sp³-hybridized carbons (Fsp3) is 0.750. The number of hydrogen-bond acceptors (Lipinski definition) is 3. The number of hydrogen-bond donors (Lipinski definition) is 1. The fourth-order valence-corrected chi connectivity index (χ4v) is 2.92. The highest BCUT2D eigenvalue weighted by Crippen LogP contribution is 2.34. The van der Waals surface area contributed by atoms with Gasteiger partial charge in [0.2, 0.25) is 0 Å². The summed E-state index contributed by atoms with van der Waals surface area (Å²) >= 11 is 0. The zero-order chi connectivity index (χ0) is 13.5. The highest BCUT2D eigenvalue weighted by molar-refractivity contribution is 5.07. The lowest BCUT2D eigenvalue weighted by molar-refractivity contribution is -0.0290. The third-order valence-electron chi connectivity index (χ3n) is 3.96. The first-order valence-corrected chi connectivity index (χ1v) is 7.67. The lowest BCUT2D eigenvalue weighted by atomic mass is 9.77. The van der Waals surface area contributed by atoms with Crippen LogP contribution in [0.4, 0.5) is 0 Å². The topological polar surface area (TPSA) is 34.4 Å². The van der Waals surface area contributed by atoms with E-state index in [9.17, 15) is 0 Å². The van der Waals surface area contributed by atoms with Crippen LogP contribution >= 0.6 is 0 Å². The number of nitrogens with one attached hydrogen (secondary N) is 1. The monoisotopic (exact) mass is 265 g/mol. The highest BCUT2D eigenvalue weighted by atomic mass is 16.5. The van der Waals surface area contributed by atoms with E-state index in [0.29, 0.717) is 12.1 Å². The first-order valence-electron chi connectivity index (χ1n) is 7.67. The first kappa shape index (κ1) is 14.6. The number of ether oxygens (including phenoxy) is 1. The molecule has 0 aromatic carbocycles. The van der Waals surface area contributed by atoms with Gasteiger partial charge in [-0.25, -0.2) is 0 Å². The Bertz CT molecular complexity index is 331. The molecule has 3 nitrogen and oxygen atoms in total. The SMILES string of the molecule is CCCNC(Cc1ccoc1)CC1CC(OCC)C1. The predicted molar refractivity (Wildman–Crippen MR) is 77.2 cm³/mol. The van der Waals surface area contributed by atoms with Crippen molar-refractivity contribution in [1.29, 1.82) is 0 Å². The van der Waals surface area contributed by atoms with E-state index in [1.54, 1.807) is 6.26 Å². The molecule has 1 N–H and O–H groups in total. The molecule has 0 bridgehead atoms. The highest BCUT2D eigenvalue weighted by Gasteiger charge is 2.31. The van der Waals surface area contributed by atoms with Crippen molar-refractivity contribution in [3.05, 3.63) is 24.2 Å². The van der Waals surface area contributed by atoms with Gasteiger partial charge in [-0.05, 0) is 63.1 Å². The average Bonchev–Trinajstić information content (AvgIpc) is 2.86. The van der Waals surface area contributed by atoms with Gasteiger partial charge in [-0.1, -0.05) is 6.92 Å². The smallest absolute Gasteiger partial charge is 0.0935 e. The number of furan rings is 1. The van der Waals surface area contributed by atoms with Crippen molar-refractivity contribution in [3.63, 3.8) is 0 Å². The van der Waals surface area contributed by atoms with Crippen LogP contribution < -0.4 is 5.32 Å². The van der Waals surface area contributed by atoms with Gasteiger partial charge in [0.1, 0.15) is 0 Å². The third kappa shape index (κ3) is 4.66. The van der Waals surface area contributed by atoms with E-state index in [1.165, 1.54) is 31.2 Å². The van der Waals surface area contributed by atoms with E-state index >= 15 is 0 Å². The van der Waals surface area contributed by atoms with Gasteiger partial charge in [0.15, 0.2) is 0 Å². The summed E-state index contributed by atoms with van der Waals surface area (Å²) in [5, 5.41) is 3.67. The van der Waals surface area contributed by atoms with Crippen LogP contribution in [0.2, 0.25) is 0 Å². The van der Waals surface area contributed by atoms with Gasteiger partial charge >= 0.3 is 0 Å². The van der Waals surface area contributed by atoms with Crippen molar-refractivity contribution < 1.29 is 9.15 Å². The van der Waals surface area contributed by atoms with Crippen LogP contribution in [0.25, 0.3) is 0 Å². The largest absolute Gasteiger partial charge is 0.472 e. The zero-order valence-corrected chi connectivity index (χ0v) is 12.2. The van der Waals surface area contributed by atoms with Crippen molar-refractivity contribution in [3.8, 4) is 0 Å². The van der Waals surface area contributed by atoms with E-state index in [2.05, 4.69) is 25.2 Å². The van der Waals surface area contributed by atoms with Crippen molar-refractivity contribution >= 4 is 0 Å². The maximum Gasteiger partial charge on any atom is 0.0935 e. The van der Waals surface area contributed by atoms with Crippen LogP contribution in [-0.2, 0) is 11.2 Å². The molecular formula is C16H27NO2. The second-order valence-electron chi connectivity index (χ2n) is 5.64. The summed E-state index contributed by atoms with van der Waals surface area (Å²) in [6, 6.07) is 2.65. The van der Waals surface area contributed by atoms with E-state index in [-0.39, 0.29) is 0 Å². The van der Waals surface area contributed by atoms with Gasteiger partial charge in [-0.2, -0.15) is 0 Å². The summed E-state index contributed by atoms with van der Waals surface area (Å²) in [4.78, 5) is 0. The lowest BCUT2D eigenvalue weighted by Crippen LogP contribution is -2.39. The third-order valence-corrected chi connectivity index (χ3v) is 3.96. The summed E-state index contributed by atoms with van der Waals surface area (Å²) in [6.07, 6.45) is 10.2. The molecule has 0 spiro atoms. The summed E-state index contributed by atoms with van der Waals surface area (Å²) in [5.41, 5.74) is 1.30. The van der Waals surface area contributed by atoms with Gasteiger partial charge in [0, 0.05) is 12.6 Å². The summed E-state index contributed by atoms with van der Waals surface area (Å²) in [7, 11) is 0. The van der Waals surface area contributed by atoms with Crippen molar-refractivity contribution in [1.82, 2.24) is 5.32 Å². The zero-order valence-electron chi connectivity index (χ0n) is 12.2. The van der Waals surface area contributed by atoms with Crippen LogP contribution in [0, 0.1) is 5.92 Å². The van der Waals surface area contributed by atoms with Crippen LogP contribution in [0.15, 0.2) is 23.0 Å². The van der Waals surface area contributed by atoms with E-state index in [1.807, 2.05) is 6.26 Å². The maximum absolute atomic E-state index is 5.64. The molecule has 3 heteroatoms. The first-order chi connectivity index (χ1) is 9.31. The van der Waals surface area contributed by atoms with Crippen molar-refractivity contribution in [2.75, 3.05) is 13.2 Å². The molecule has 1 aliphatic carbocycles. The molecule has 1 heterocycles. The fourth-order valence-electron chi connectivity index (χ4n) is 2.92. The maximum atomic E-state index is 5.64. The van der Waals surface area contributed by atoms with Crippen LogP contribution in [0.5, 0.6) is 0 Å². The van der Waals surface area contributed by atoms with Gasteiger partial charge in [0.05, 0.1) is 18.6 Å². The summed E-state index contributed by atoms with van der Waals surface area (Å²) < 4.78 is 10.8. The molecule has 1 atom stereocenters. The second-order valence-corrected chi connectivity index (χ2v) is 5.64. The minimum absolute atomic E-state index is 0.524. The molecule has 1 aromatic heterocycles. The van der Waals surface area contributed by atoms with E-state index in [4.69, 9.17) is 9.15 Å². The Morgan fingerprint density at radius 1 is 1.42 bits per heavy atom. The Balaban J connectivity index is 1.74. The number of rotatable bonds is 9. The predicted octanol–water partition coefficient (Wildman–Crippen LogP) is 3.40. The molecule has 0 aliphatic heterocycles. The van der Waals surface area contributed by atoms with Gasteiger partial charge < -0.3 is 14.5 Å². The molecule has 1 fully saturated rings. The molecular weight excluding hydrogens is 238 g/mol. The normalized spacial score (nSPS) is 24.1. The Kier molecular flexibility index (Phi) is 5.93. The molecule has 1 aromatic rings. The molecule has 1 unspecified atom stereocenters. The van der Waals surface area contributed by atoms with Gasteiger partial charge in [-0.15, -0.1) is 0 Å². The standard InChI is InChI=1S/C16H27NO2/c1-3-6-17-15(8-13-5-7-18-12-13)9-14-10-16(11-14)19-4-2/h5,7,12,14-17H,3-4,6,8-11H2,1-2H3. The quantitative estimate of drug-likeness (QED) is 0.743.